The minimum absolute atomic E-state index is 0.709. The van der Waals surface area contributed by atoms with Gasteiger partial charge in [0, 0.05) is 42.3 Å². The Balaban J connectivity index is 2.71. The minimum atomic E-state index is 0.709. The Labute approximate surface area is 135 Å². The van der Waals surface area contributed by atoms with Crippen LogP contribution >= 0.6 is 27.5 Å². The lowest BCUT2D eigenvalue weighted by molar-refractivity contribution is 0.141. The SMILES string of the molecule is CCOCCN(CCOCC)c1ccc(CBr)c(Cl)c1. The van der Waals surface area contributed by atoms with E-state index in [4.69, 9.17) is 21.1 Å². The van der Waals surface area contributed by atoms with E-state index < -0.39 is 0 Å². The monoisotopic (exact) mass is 363 g/mol. The van der Waals surface area contributed by atoms with Crippen LogP contribution in [-0.2, 0) is 14.8 Å². The number of rotatable bonds is 10. The first-order chi connectivity index (χ1) is 9.72. The Morgan fingerprint density at radius 2 is 1.70 bits per heavy atom. The van der Waals surface area contributed by atoms with Crippen LogP contribution in [0.2, 0.25) is 5.02 Å². The molecule has 0 radical (unpaired) electrons. The summed E-state index contributed by atoms with van der Waals surface area (Å²) in [5.74, 6) is 0. The van der Waals surface area contributed by atoms with Gasteiger partial charge in [-0.05, 0) is 31.5 Å². The number of halogens is 2. The Bertz CT molecular complexity index is 380. The average Bonchev–Trinajstić information content (AvgIpc) is 2.46. The van der Waals surface area contributed by atoms with E-state index in [2.05, 4.69) is 33.0 Å². The van der Waals surface area contributed by atoms with Gasteiger partial charge in [-0.25, -0.2) is 0 Å². The van der Waals surface area contributed by atoms with Gasteiger partial charge < -0.3 is 14.4 Å². The van der Waals surface area contributed by atoms with E-state index in [9.17, 15) is 0 Å². The molecular formula is C15H23BrClNO2. The fraction of sp³-hybridized carbons (Fsp3) is 0.600. The second kappa shape index (κ2) is 10.4. The molecule has 0 bridgehead atoms. The van der Waals surface area contributed by atoms with Crippen LogP contribution in [0.25, 0.3) is 0 Å². The molecule has 0 aliphatic rings. The molecule has 0 heterocycles. The second-order valence-corrected chi connectivity index (χ2v) is 5.26. The third-order valence-corrected chi connectivity index (χ3v) is 3.92. The van der Waals surface area contributed by atoms with Gasteiger partial charge in [0.25, 0.3) is 0 Å². The van der Waals surface area contributed by atoms with Gasteiger partial charge in [-0.1, -0.05) is 33.6 Å². The van der Waals surface area contributed by atoms with Gasteiger partial charge in [-0.3, -0.25) is 0 Å². The normalized spacial score (nSPS) is 10.8. The van der Waals surface area contributed by atoms with Gasteiger partial charge in [0.05, 0.1) is 13.2 Å². The maximum atomic E-state index is 6.28. The predicted octanol–water partition coefficient (Wildman–Crippen LogP) is 4.11. The summed E-state index contributed by atoms with van der Waals surface area (Å²) in [6.07, 6.45) is 0. The first kappa shape index (κ1) is 17.8. The second-order valence-electron chi connectivity index (χ2n) is 4.29. The zero-order chi connectivity index (χ0) is 14.8. The average molecular weight is 365 g/mol. The fourth-order valence-corrected chi connectivity index (χ4v) is 2.74. The van der Waals surface area contributed by atoms with Crippen LogP contribution in [0.3, 0.4) is 0 Å². The van der Waals surface area contributed by atoms with E-state index in [-0.39, 0.29) is 0 Å². The maximum absolute atomic E-state index is 6.28. The van der Waals surface area contributed by atoms with E-state index in [0.29, 0.717) is 13.2 Å². The van der Waals surface area contributed by atoms with Crippen LogP contribution < -0.4 is 4.90 Å². The van der Waals surface area contributed by atoms with E-state index >= 15 is 0 Å². The highest BCUT2D eigenvalue weighted by Gasteiger charge is 2.09. The molecule has 0 fully saturated rings. The zero-order valence-electron chi connectivity index (χ0n) is 12.2. The molecule has 1 aromatic rings. The van der Waals surface area contributed by atoms with Crippen molar-refractivity contribution >= 4 is 33.2 Å². The summed E-state index contributed by atoms with van der Waals surface area (Å²) < 4.78 is 10.9. The number of hydrogen-bond donors (Lipinski definition) is 0. The molecule has 0 aliphatic heterocycles. The Kier molecular flexibility index (Phi) is 9.27. The lowest BCUT2D eigenvalue weighted by Gasteiger charge is -2.25. The first-order valence-electron chi connectivity index (χ1n) is 6.97. The van der Waals surface area contributed by atoms with Crippen LogP contribution in [-0.4, -0.2) is 39.5 Å². The number of benzene rings is 1. The highest BCUT2D eigenvalue weighted by Crippen LogP contribution is 2.25. The number of anilines is 1. The molecule has 0 amide bonds. The molecule has 114 valence electrons. The summed E-state index contributed by atoms with van der Waals surface area (Å²) in [7, 11) is 0. The fourth-order valence-electron chi connectivity index (χ4n) is 1.85. The summed E-state index contributed by atoms with van der Waals surface area (Å²) in [5.41, 5.74) is 2.21. The van der Waals surface area contributed by atoms with Gasteiger partial charge in [0.15, 0.2) is 0 Å². The van der Waals surface area contributed by atoms with Crippen molar-refractivity contribution in [2.24, 2.45) is 0 Å². The molecule has 0 aliphatic carbocycles. The van der Waals surface area contributed by atoms with Crippen molar-refractivity contribution in [3.05, 3.63) is 28.8 Å². The highest BCUT2D eigenvalue weighted by molar-refractivity contribution is 9.08. The molecular weight excluding hydrogens is 342 g/mol. The topological polar surface area (TPSA) is 21.7 Å². The van der Waals surface area contributed by atoms with Crippen molar-refractivity contribution < 1.29 is 9.47 Å². The van der Waals surface area contributed by atoms with Gasteiger partial charge in [0.1, 0.15) is 0 Å². The summed E-state index contributed by atoms with van der Waals surface area (Å²) in [4.78, 5) is 2.25. The molecule has 0 atom stereocenters. The van der Waals surface area contributed by atoms with Crippen molar-refractivity contribution in [3.8, 4) is 0 Å². The molecule has 0 unspecified atom stereocenters. The Hall–Kier alpha value is -0.290. The van der Waals surface area contributed by atoms with Crippen molar-refractivity contribution in [1.82, 2.24) is 0 Å². The van der Waals surface area contributed by atoms with Crippen molar-refractivity contribution in [2.45, 2.75) is 19.2 Å². The standard InChI is InChI=1S/C15H23BrClNO2/c1-3-19-9-7-18(8-10-20-4-2)14-6-5-13(12-16)15(17)11-14/h5-6,11H,3-4,7-10,12H2,1-2H3. The number of ether oxygens (including phenoxy) is 2. The van der Waals surface area contributed by atoms with Gasteiger partial charge in [0.2, 0.25) is 0 Å². The maximum Gasteiger partial charge on any atom is 0.0641 e. The summed E-state index contributed by atoms with van der Waals surface area (Å²) in [5, 5.41) is 1.56. The predicted molar refractivity (Wildman–Crippen MR) is 89.3 cm³/mol. The van der Waals surface area contributed by atoms with E-state index in [1.54, 1.807) is 0 Å². The molecule has 20 heavy (non-hydrogen) atoms. The van der Waals surface area contributed by atoms with E-state index in [1.165, 1.54) is 0 Å². The molecule has 1 rings (SSSR count). The van der Waals surface area contributed by atoms with Crippen molar-refractivity contribution in [3.63, 3.8) is 0 Å². The minimum Gasteiger partial charge on any atom is -0.380 e. The zero-order valence-corrected chi connectivity index (χ0v) is 14.5. The van der Waals surface area contributed by atoms with Crippen LogP contribution in [0.1, 0.15) is 19.4 Å². The summed E-state index contributed by atoms with van der Waals surface area (Å²) >= 11 is 9.71. The van der Waals surface area contributed by atoms with Gasteiger partial charge >= 0.3 is 0 Å². The molecule has 0 spiro atoms. The van der Waals surface area contributed by atoms with Crippen molar-refractivity contribution in [1.29, 1.82) is 0 Å². The molecule has 0 saturated heterocycles. The smallest absolute Gasteiger partial charge is 0.0641 e. The molecule has 3 nitrogen and oxygen atoms in total. The highest BCUT2D eigenvalue weighted by atomic mass is 79.9. The summed E-state index contributed by atoms with van der Waals surface area (Å²) in [6.45, 7) is 8.58. The van der Waals surface area contributed by atoms with Gasteiger partial charge in [-0.15, -0.1) is 0 Å². The lowest BCUT2D eigenvalue weighted by atomic mass is 10.2. The van der Waals surface area contributed by atoms with Crippen LogP contribution in [0.15, 0.2) is 18.2 Å². The molecule has 0 N–H and O–H groups in total. The largest absolute Gasteiger partial charge is 0.380 e. The van der Waals surface area contributed by atoms with E-state index in [0.717, 1.165) is 47.9 Å². The van der Waals surface area contributed by atoms with Crippen molar-refractivity contribution in [2.75, 3.05) is 44.4 Å². The number of hydrogen-bond acceptors (Lipinski definition) is 3. The first-order valence-corrected chi connectivity index (χ1v) is 8.47. The molecule has 5 heteroatoms. The quantitative estimate of drug-likeness (QED) is 0.460. The van der Waals surface area contributed by atoms with Crippen LogP contribution in [0, 0.1) is 0 Å². The third kappa shape index (κ3) is 6.00. The van der Waals surface area contributed by atoms with Gasteiger partial charge in [-0.2, -0.15) is 0 Å². The number of alkyl halides is 1. The number of nitrogens with zero attached hydrogens (tertiary/aromatic N) is 1. The summed E-state index contributed by atoms with van der Waals surface area (Å²) in [6, 6.07) is 6.16. The molecule has 1 aromatic carbocycles. The van der Waals surface area contributed by atoms with E-state index in [1.807, 2.05) is 19.9 Å². The molecule has 0 aromatic heterocycles. The molecule has 0 saturated carbocycles. The Morgan fingerprint density at radius 1 is 1.10 bits per heavy atom. The lowest BCUT2D eigenvalue weighted by Crippen LogP contribution is -2.31. The van der Waals surface area contributed by atoms with Crippen LogP contribution in [0.5, 0.6) is 0 Å². The Morgan fingerprint density at radius 3 is 2.15 bits per heavy atom. The van der Waals surface area contributed by atoms with Crippen LogP contribution in [0.4, 0.5) is 5.69 Å². The third-order valence-electron chi connectivity index (χ3n) is 2.97.